The summed E-state index contributed by atoms with van der Waals surface area (Å²) in [6.45, 7) is 0.654. The lowest BCUT2D eigenvalue weighted by molar-refractivity contribution is 0.679. The number of hydrogen-bond acceptors (Lipinski definition) is 4. The summed E-state index contributed by atoms with van der Waals surface area (Å²) in [6, 6.07) is 16.1. The van der Waals surface area contributed by atoms with E-state index in [2.05, 4.69) is 21.5 Å². The van der Waals surface area contributed by atoms with Crippen molar-refractivity contribution in [3.05, 3.63) is 87.7 Å². The van der Waals surface area contributed by atoms with Gasteiger partial charge in [0.05, 0.1) is 17.1 Å². The molecule has 0 N–H and O–H groups in total. The quantitative estimate of drug-likeness (QED) is 0.479. The lowest BCUT2D eigenvalue weighted by Gasteiger charge is -2.07. The Balaban J connectivity index is 1.59. The Morgan fingerprint density at radius 1 is 1.00 bits per heavy atom. The number of aryl methyl sites for hydroxylation is 2. The minimum Gasteiger partial charge on any atom is -0.314 e. The van der Waals surface area contributed by atoms with Gasteiger partial charge in [-0.1, -0.05) is 36.4 Å². The van der Waals surface area contributed by atoms with E-state index in [9.17, 15) is 4.79 Å². The molecule has 0 bridgehead atoms. The second kappa shape index (κ2) is 6.48. The van der Waals surface area contributed by atoms with Gasteiger partial charge in [0, 0.05) is 29.4 Å². The Kier molecular flexibility index (Phi) is 3.83. The molecule has 5 aromatic rings. The zero-order valence-electron chi connectivity index (χ0n) is 14.4. The van der Waals surface area contributed by atoms with Crippen LogP contribution in [0, 0.1) is 0 Å². The Morgan fingerprint density at radius 3 is 2.70 bits per heavy atom. The van der Waals surface area contributed by atoms with Crippen LogP contribution in [0.5, 0.6) is 0 Å². The third-order valence-electron chi connectivity index (χ3n) is 4.73. The molecule has 27 heavy (non-hydrogen) atoms. The maximum atomic E-state index is 12.9. The fourth-order valence-electron chi connectivity index (χ4n) is 3.34. The molecule has 0 spiro atoms. The number of aromatic nitrogens is 4. The van der Waals surface area contributed by atoms with Gasteiger partial charge < -0.3 is 4.57 Å². The molecule has 0 radical (unpaired) electrons. The predicted octanol–water partition coefficient (Wildman–Crippen LogP) is 4.02. The fourth-order valence-corrected chi connectivity index (χ4v) is 4.04. The second-order valence-corrected chi connectivity index (χ2v) is 7.39. The van der Waals surface area contributed by atoms with E-state index in [1.165, 1.54) is 4.88 Å². The first-order valence-corrected chi connectivity index (χ1v) is 9.63. The highest BCUT2D eigenvalue weighted by Crippen LogP contribution is 2.24. The van der Waals surface area contributed by atoms with Gasteiger partial charge in [-0.25, -0.2) is 9.50 Å². The molecule has 0 aliphatic rings. The topological polar surface area (TPSA) is 52.2 Å². The normalized spacial score (nSPS) is 11.4. The molecule has 0 saturated heterocycles. The number of nitrogens with zero attached hydrogens (tertiary/aromatic N) is 4. The molecule has 0 aliphatic carbocycles. The Hall–Kier alpha value is -3.25. The number of rotatable bonds is 4. The van der Waals surface area contributed by atoms with Crippen LogP contribution in [0.25, 0.3) is 27.7 Å². The van der Waals surface area contributed by atoms with Crippen LogP contribution in [-0.2, 0) is 13.0 Å². The molecule has 0 saturated carbocycles. The molecule has 1 aromatic carbocycles. The van der Waals surface area contributed by atoms with Crippen molar-refractivity contribution >= 4 is 27.9 Å². The van der Waals surface area contributed by atoms with Crippen LogP contribution in [-0.4, -0.2) is 19.2 Å². The van der Waals surface area contributed by atoms with Crippen molar-refractivity contribution in [1.82, 2.24) is 19.2 Å². The SMILES string of the molecule is O=c1c2cnc3c(-c4ccccc4)cnn3c2ccn1CCc1cccs1. The largest absolute Gasteiger partial charge is 0.314 e. The number of benzene rings is 1. The van der Waals surface area contributed by atoms with Gasteiger partial charge in [-0.2, -0.15) is 5.10 Å². The number of thiophene rings is 1. The van der Waals surface area contributed by atoms with E-state index >= 15 is 0 Å². The van der Waals surface area contributed by atoms with Crippen molar-refractivity contribution in [3.63, 3.8) is 0 Å². The molecule has 0 unspecified atom stereocenters. The Bertz CT molecular complexity index is 1290. The average Bonchev–Trinajstić information content (AvgIpc) is 3.38. The molecular formula is C21H16N4OS. The lowest BCUT2D eigenvalue weighted by atomic mass is 10.1. The molecule has 4 aromatic heterocycles. The maximum absolute atomic E-state index is 12.9. The van der Waals surface area contributed by atoms with Crippen LogP contribution >= 0.6 is 11.3 Å². The second-order valence-electron chi connectivity index (χ2n) is 6.36. The summed E-state index contributed by atoms with van der Waals surface area (Å²) in [6.07, 6.45) is 6.17. The molecule has 5 rings (SSSR count). The predicted molar refractivity (Wildman–Crippen MR) is 108 cm³/mol. The van der Waals surface area contributed by atoms with Gasteiger partial charge in [0.2, 0.25) is 0 Å². The Labute approximate surface area is 159 Å². The summed E-state index contributed by atoms with van der Waals surface area (Å²) in [5, 5.41) is 7.13. The minimum absolute atomic E-state index is 0.0322. The summed E-state index contributed by atoms with van der Waals surface area (Å²) < 4.78 is 3.50. The van der Waals surface area contributed by atoms with E-state index in [0.29, 0.717) is 11.9 Å². The zero-order valence-corrected chi connectivity index (χ0v) is 15.3. The average molecular weight is 372 g/mol. The molecule has 5 nitrogen and oxygen atoms in total. The van der Waals surface area contributed by atoms with Gasteiger partial charge in [-0.3, -0.25) is 4.79 Å². The number of hydrogen-bond donors (Lipinski definition) is 0. The third kappa shape index (κ3) is 2.74. The summed E-state index contributed by atoms with van der Waals surface area (Å²) in [5.74, 6) is 0. The Morgan fingerprint density at radius 2 is 1.89 bits per heavy atom. The van der Waals surface area contributed by atoms with Crippen LogP contribution in [0.4, 0.5) is 0 Å². The van der Waals surface area contributed by atoms with E-state index in [1.54, 1.807) is 32.8 Å². The van der Waals surface area contributed by atoms with Gasteiger partial charge in [0.25, 0.3) is 5.56 Å². The standard InChI is InChI=1S/C21H16N4OS/c26-21-18-13-22-20-17(15-5-2-1-3-6-15)14-23-25(20)19(18)9-11-24(21)10-8-16-7-4-12-27-16/h1-7,9,11-14H,8,10H2. The first-order chi connectivity index (χ1) is 13.3. The minimum atomic E-state index is -0.0322. The third-order valence-corrected chi connectivity index (χ3v) is 5.67. The van der Waals surface area contributed by atoms with Crippen molar-refractivity contribution in [3.8, 4) is 11.1 Å². The summed E-state index contributed by atoms with van der Waals surface area (Å²) >= 11 is 1.71. The van der Waals surface area contributed by atoms with Crippen LogP contribution in [0.3, 0.4) is 0 Å². The van der Waals surface area contributed by atoms with Gasteiger partial charge in [-0.15, -0.1) is 11.3 Å². The zero-order chi connectivity index (χ0) is 18.2. The van der Waals surface area contributed by atoms with Gasteiger partial charge in [0.1, 0.15) is 0 Å². The van der Waals surface area contributed by atoms with Crippen molar-refractivity contribution in [2.75, 3.05) is 0 Å². The molecule has 0 aliphatic heterocycles. The smallest absolute Gasteiger partial charge is 0.261 e. The molecule has 4 heterocycles. The highest BCUT2D eigenvalue weighted by molar-refractivity contribution is 7.09. The molecule has 132 valence electrons. The first kappa shape index (κ1) is 16.0. The molecule has 0 amide bonds. The highest BCUT2D eigenvalue weighted by atomic mass is 32.1. The van der Waals surface area contributed by atoms with Crippen molar-refractivity contribution < 1.29 is 0 Å². The lowest BCUT2D eigenvalue weighted by Crippen LogP contribution is -2.21. The van der Waals surface area contributed by atoms with Crippen LogP contribution in [0.2, 0.25) is 0 Å². The summed E-state index contributed by atoms with van der Waals surface area (Å²) in [5.41, 5.74) is 3.52. The van der Waals surface area contributed by atoms with E-state index in [1.807, 2.05) is 48.7 Å². The van der Waals surface area contributed by atoms with Gasteiger partial charge in [0.15, 0.2) is 5.65 Å². The fraction of sp³-hybridized carbons (Fsp3) is 0.0952. The number of pyridine rings is 1. The van der Waals surface area contributed by atoms with Gasteiger partial charge >= 0.3 is 0 Å². The van der Waals surface area contributed by atoms with Crippen LogP contribution in [0.15, 0.2) is 77.3 Å². The molecule has 0 fully saturated rings. The molecular weight excluding hydrogens is 356 g/mol. The van der Waals surface area contributed by atoms with E-state index in [-0.39, 0.29) is 5.56 Å². The monoisotopic (exact) mass is 372 g/mol. The summed E-state index contributed by atoms with van der Waals surface area (Å²) in [4.78, 5) is 18.7. The van der Waals surface area contributed by atoms with E-state index < -0.39 is 0 Å². The van der Waals surface area contributed by atoms with Crippen LogP contribution in [0.1, 0.15) is 4.88 Å². The van der Waals surface area contributed by atoms with Gasteiger partial charge in [-0.05, 0) is 29.5 Å². The van der Waals surface area contributed by atoms with Crippen molar-refractivity contribution in [1.29, 1.82) is 0 Å². The maximum Gasteiger partial charge on any atom is 0.261 e. The molecule has 0 atom stereocenters. The van der Waals surface area contributed by atoms with E-state index in [0.717, 1.165) is 28.7 Å². The molecule has 6 heteroatoms. The summed E-state index contributed by atoms with van der Waals surface area (Å²) in [7, 11) is 0. The number of fused-ring (bicyclic) bond motifs is 3. The van der Waals surface area contributed by atoms with Crippen molar-refractivity contribution in [2.24, 2.45) is 0 Å². The first-order valence-electron chi connectivity index (χ1n) is 8.75. The van der Waals surface area contributed by atoms with E-state index in [4.69, 9.17) is 0 Å². The van der Waals surface area contributed by atoms with Crippen LogP contribution < -0.4 is 5.56 Å². The van der Waals surface area contributed by atoms with Crippen molar-refractivity contribution in [2.45, 2.75) is 13.0 Å². The highest BCUT2D eigenvalue weighted by Gasteiger charge is 2.12.